The maximum absolute atomic E-state index is 12.5. The molecule has 34 heavy (non-hydrogen) atoms. The highest BCUT2D eigenvalue weighted by molar-refractivity contribution is 5.73. The van der Waals surface area contributed by atoms with Crippen molar-refractivity contribution in [2.45, 2.75) is 70.6 Å². The molecule has 2 aromatic rings. The van der Waals surface area contributed by atoms with E-state index in [-0.39, 0.29) is 36.7 Å². The lowest BCUT2D eigenvalue weighted by Crippen LogP contribution is -2.35. The quantitative estimate of drug-likeness (QED) is 0.521. The Kier molecular flexibility index (Phi) is 7.75. The van der Waals surface area contributed by atoms with E-state index >= 15 is 0 Å². The molecule has 2 atom stereocenters. The number of carbonyl (C=O) groups is 2. The van der Waals surface area contributed by atoms with Gasteiger partial charge in [0.2, 0.25) is 0 Å². The van der Waals surface area contributed by atoms with Crippen molar-refractivity contribution in [3.8, 4) is 16.9 Å². The zero-order chi connectivity index (χ0) is 24.1. The number of esters is 1. The largest absolute Gasteiger partial charge is 0.490 e. The van der Waals surface area contributed by atoms with Crippen LogP contribution in [0.5, 0.6) is 5.75 Å². The molecule has 0 aliphatic heterocycles. The molecule has 8 nitrogen and oxygen atoms in total. The fraction of sp³-hybridized carbons (Fsp3) is 0.577. The van der Waals surface area contributed by atoms with Crippen molar-refractivity contribution in [1.29, 1.82) is 0 Å². The van der Waals surface area contributed by atoms with Crippen LogP contribution in [0.4, 0.5) is 4.79 Å². The van der Waals surface area contributed by atoms with E-state index < -0.39 is 0 Å². The third kappa shape index (κ3) is 5.54. The summed E-state index contributed by atoms with van der Waals surface area (Å²) in [6.07, 6.45) is 8.28. The van der Waals surface area contributed by atoms with Crippen LogP contribution in [0.25, 0.3) is 11.1 Å². The third-order valence-electron chi connectivity index (χ3n) is 7.03. The Labute approximate surface area is 201 Å². The number of hydrogen-bond donors (Lipinski definition) is 0. The molecule has 1 heterocycles. The topological polar surface area (TPSA) is 82.9 Å². The minimum atomic E-state index is -0.291. The van der Waals surface area contributed by atoms with Crippen molar-refractivity contribution in [2.24, 2.45) is 13.0 Å². The first-order valence-corrected chi connectivity index (χ1v) is 12.3. The van der Waals surface area contributed by atoms with Gasteiger partial charge >= 0.3 is 12.1 Å². The molecule has 0 N–H and O–H groups in total. The predicted molar refractivity (Wildman–Crippen MR) is 127 cm³/mol. The second-order valence-electron chi connectivity index (χ2n) is 9.26. The lowest BCUT2D eigenvalue weighted by molar-refractivity contribution is -0.147. The molecule has 2 aliphatic carbocycles. The summed E-state index contributed by atoms with van der Waals surface area (Å²) in [4.78, 5) is 26.2. The molecular weight excluding hydrogens is 434 g/mol. The fourth-order valence-corrected chi connectivity index (χ4v) is 4.97. The van der Waals surface area contributed by atoms with Crippen LogP contribution in [0.2, 0.25) is 0 Å². The van der Waals surface area contributed by atoms with Gasteiger partial charge in [-0.1, -0.05) is 25.0 Å². The molecule has 2 fully saturated rings. The maximum atomic E-state index is 12.5. The molecule has 0 radical (unpaired) electrons. The van der Waals surface area contributed by atoms with Crippen LogP contribution in [0.15, 0.2) is 30.5 Å². The number of benzene rings is 1. The molecule has 0 bridgehead atoms. The van der Waals surface area contributed by atoms with E-state index in [1.165, 1.54) is 12.8 Å². The zero-order valence-corrected chi connectivity index (χ0v) is 20.4. The van der Waals surface area contributed by atoms with E-state index in [4.69, 9.17) is 14.2 Å². The van der Waals surface area contributed by atoms with E-state index in [9.17, 15) is 9.59 Å². The maximum Gasteiger partial charge on any atom is 0.410 e. The van der Waals surface area contributed by atoms with Gasteiger partial charge in [0.1, 0.15) is 12.4 Å². The monoisotopic (exact) mass is 469 g/mol. The molecule has 0 saturated heterocycles. The highest BCUT2D eigenvalue weighted by Gasteiger charge is 2.32. The van der Waals surface area contributed by atoms with Gasteiger partial charge in [-0.05, 0) is 56.7 Å². The Morgan fingerprint density at radius 3 is 2.53 bits per heavy atom. The molecule has 184 valence electrons. The number of aryl methyl sites for hydroxylation is 1. The van der Waals surface area contributed by atoms with E-state index in [2.05, 4.69) is 5.10 Å². The van der Waals surface area contributed by atoms with Gasteiger partial charge in [0, 0.05) is 25.7 Å². The van der Waals surface area contributed by atoms with Gasteiger partial charge in [-0.15, -0.1) is 0 Å². The molecule has 1 amide bonds. The summed E-state index contributed by atoms with van der Waals surface area (Å²) in [6.45, 7) is 2.40. The molecule has 8 heteroatoms. The van der Waals surface area contributed by atoms with E-state index in [0.717, 1.165) is 48.3 Å². The minimum Gasteiger partial charge on any atom is -0.490 e. The number of nitrogens with zero attached hydrogens (tertiary/aromatic N) is 3. The van der Waals surface area contributed by atoms with Gasteiger partial charge < -0.3 is 19.1 Å². The Morgan fingerprint density at radius 1 is 1.09 bits per heavy atom. The van der Waals surface area contributed by atoms with Crippen molar-refractivity contribution < 1.29 is 23.8 Å². The van der Waals surface area contributed by atoms with Crippen molar-refractivity contribution in [2.75, 3.05) is 13.7 Å². The number of rotatable bonds is 8. The zero-order valence-electron chi connectivity index (χ0n) is 20.4. The van der Waals surface area contributed by atoms with E-state index in [0.29, 0.717) is 13.0 Å². The second-order valence-corrected chi connectivity index (χ2v) is 9.26. The normalized spacial score (nSPS) is 20.3. The predicted octanol–water partition coefficient (Wildman–Crippen LogP) is 4.71. The molecule has 1 aromatic heterocycles. The van der Waals surface area contributed by atoms with Crippen LogP contribution in [-0.4, -0.2) is 52.5 Å². The first kappa shape index (κ1) is 24.1. The van der Waals surface area contributed by atoms with Crippen molar-refractivity contribution in [3.63, 3.8) is 0 Å². The third-order valence-corrected chi connectivity index (χ3v) is 7.03. The average Bonchev–Trinajstić information content (AvgIpc) is 3.60. The van der Waals surface area contributed by atoms with Crippen LogP contribution in [0.3, 0.4) is 0 Å². The first-order valence-electron chi connectivity index (χ1n) is 12.3. The van der Waals surface area contributed by atoms with Crippen LogP contribution < -0.4 is 4.74 Å². The Hall–Kier alpha value is -3.03. The summed E-state index contributed by atoms with van der Waals surface area (Å²) in [5, 5.41) is 4.38. The minimum absolute atomic E-state index is 0.0190. The summed E-state index contributed by atoms with van der Waals surface area (Å²) >= 11 is 0. The lowest BCUT2D eigenvalue weighted by Gasteiger charge is -2.23. The van der Waals surface area contributed by atoms with E-state index in [1.54, 1.807) is 15.8 Å². The van der Waals surface area contributed by atoms with Crippen LogP contribution >= 0.6 is 0 Å². The van der Waals surface area contributed by atoms with Crippen LogP contribution in [-0.2, 0) is 27.9 Å². The highest BCUT2D eigenvalue weighted by atomic mass is 16.6. The summed E-state index contributed by atoms with van der Waals surface area (Å²) in [6, 6.07) is 8.12. The molecule has 2 saturated carbocycles. The van der Waals surface area contributed by atoms with Crippen molar-refractivity contribution >= 4 is 12.1 Å². The number of amides is 1. The highest BCUT2D eigenvalue weighted by Crippen LogP contribution is 2.32. The van der Waals surface area contributed by atoms with Gasteiger partial charge in [-0.25, -0.2) is 4.79 Å². The molecule has 2 unspecified atom stereocenters. The number of carbonyl (C=O) groups excluding carboxylic acids is 2. The van der Waals surface area contributed by atoms with Gasteiger partial charge in [0.15, 0.2) is 0 Å². The molecule has 2 aliphatic rings. The van der Waals surface area contributed by atoms with Gasteiger partial charge in [0.25, 0.3) is 0 Å². The number of ether oxygens (including phenoxy) is 3. The first-order chi connectivity index (χ1) is 16.5. The summed E-state index contributed by atoms with van der Waals surface area (Å²) in [5.41, 5.74) is 2.75. The molecular formula is C26H35N3O5. The molecule has 0 spiro atoms. The SMILES string of the molecule is CCOC(=O)C1CCC(Oc2ccc(-c3cnn(C)c3COC(=O)N(C)C3CCCC3)cc2)C1. The van der Waals surface area contributed by atoms with E-state index in [1.807, 2.05) is 45.3 Å². The van der Waals surface area contributed by atoms with Crippen LogP contribution in [0.1, 0.15) is 57.6 Å². The standard InChI is InChI=1S/C26H35N3O5/c1-4-32-25(30)19-11-14-22(15-19)34-21-12-9-18(10-13-21)23-16-27-29(3)24(23)17-33-26(31)28(2)20-7-5-6-8-20/h9-10,12-13,16,19-20,22H,4-8,11,14-15,17H2,1-3H3. The summed E-state index contributed by atoms with van der Waals surface area (Å²) in [7, 11) is 3.67. The Bertz CT molecular complexity index is 981. The average molecular weight is 470 g/mol. The summed E-state index contributed by atoms with van der Waals surface area (Å²) in [5.74, 6) is 0.578. The molecule has 4 rings (SSSR count). The smallest absolute Gasteiger partial charge is 0.410 e. The fourth-order valence-electron chi connectivity index (χ4n) is 4.97. The Morgan fingerprint density at radius 2 is 1.82 bits per heavy atom. The second kappa shape index (κ2) is 10.9. The van der Waals surface area contributed by atoms with Gasteiger partial charge in [0.05, 0.1) is 30.5 Å². The molecule has 1 aromatic carbocycles. The van der Waals surface area contributed by atoms with Gasteiger partial charge in [-0.2, -0.15) is 5.10 Å². The lowest BCUT2D eigenvalue weighted by atomic mass is 10.1. The van der Waals surface area contributed by atoms with Gasteiger partial charge in [-0.3, -0.25) is 9.48 Å². The number of hydrogen-bond acceptors (Lipinski definition) is 6. The van der Waals surface area contributed by atoms with Crippen LogP contribution in [0, 0.1) is 5.92 Å². The Balaban J connectivity index is 1.35. The summed E-state index contributed by atoms with van der Waals surface area (Å²) < 4.78 is 18.6. The van der Waals surface area contributed by atoms with Crippen molar-refractivity contribution in [3.05, 3.63) is 36.2 Å². The van der Waals surface area contributed by atoms with Crippen molar-refractivity contribution in [1.82, 2.24) is 14.7 Å². The number of aromatic nitrogens is 2.